The maximum absolute atomic E-state index is 14.0. The first kappa shape index (κ1) is 31.0. The van der Waals surface area contributed by atoms with Crippen molar-refractivity contribution in [2.24, 2.45) is 0 Å². The van der Waals surface area contributed by atoms with Gasteiger partial charge in [-0.25, -0.2) is 8.42 Å². The summed E-state index contributed by atoms with van der Waals surface area (Å²) in [6.45, 7) is 8.48. The monoisotopic (exact) mass is 585 g/mol. The van der Waals surface area contributed by atoms with Crippen LogP contribution in [0.25, 0.3) is 0 Å². The fraction of sp³-hybridized carbons (Fsp3) is 0.333. The minimum Gasteiger partial charge on any atom is -0.497 e. The molecular weight excluding hydrogens is 550 g/mol. The van der Waals surface area contributed by atoms with Crippen LogP contribution in [0.4, 0.5) is 5.69 Å². The minimum absolute atomic E-state index is 0.0392. The summed E-state index contributed by atoms with van der Waals surface area (Å²) in [7, 11) is -2.59. The zero-order valence-corrected chi connectivity index (χ0v) is 25.2. The Morgan fingerprint density at radius 1 is 1.00 bits per heavy atom. The second kappa shape index (κ2) is 12.7. The van der Waals surface area contributed by atoms with Gasteiger partial charge in [0, 0.05) is 17.1 Å². The molecule has 0 fully saturated rings. The molecule has 3 aromatic carbocycles. The first-order chi connectivity index (χ1) is 18.7. The molecule has 0 aromatic heterocycles. The topological polar surface area (TPSA) is 96.0 Å². The molecule has 0 saturated carbocycles. The van der Waals surface area contributed by atoms with Gasteiger partial charge in [0.2, 0.25) is 11.8 Å². The van der Waals surface area contributed by atoms with Crippen molar-refractivity contribution in [1.82, 2.24) is 10.2 Å². The molecule has 0 aliphatic carbocycles. The lowest BCUT2D eigenvalue weighted by molar-refractivity contribution is -0.140. The number of amides is 2. The Bertz CT molecular complexity index is 1440. The number of ether oxygens (including phenoxy) is 1. The molecule has 2 amide bonds. The van der Waals surface area contributed by atoms with Gasteiger partial charge in [0.25, 0.3) is 10.0 Å². The predicted octanol–water partition coefficient (Wildman–Crippen LogP) is 5.18. The Hall–Kier alpha value is -3.56. The van der Waals surface area contributed by atoms with Crippen molar-refractivity contribution in [3.05, 3.63) is 88.9 Å². The van der Waals surface area contributed by atoms with E-state index in [4.69, 9.17) is 16.3 Å². The Morgan fingerprint density at radius 2 is 1.62 bits per heavy atom. The molecule has 0 radical (unpaired) electrons. The van der Waals surface area contributed by atoms with E-state index in [9.17, 15) is 18.0 Å². The number of benzene rings is 3. The van der Waals surface area contributed by atoms with E-state index >= 15 is 0 Å². The Kier molecular flexibility index (Phi) is 9.87. The van der Waals surface area contributed by atoms with Gasteiger partial charge in [-0.15, -0.1) is 0 Å². The Morgan fingerprint density at radius 3 is 2.17 bits per heavy atom. The molecule has 1 N–H and O–H groups in total. The Labute approximate surface area is 241 Å². The van der Waals surface area contributed by atoms with Gasteiger partial charge >= 0.3 is 0 Å². The lowest BCUT2D eigenvalue weighted by Gasteiger charge is -2.34. The van der Waals surface area contributed by atoms with Crippen LogP contribution >= 0.6 is 11.6 Å². The van der Waals surface area contributed by atoms with Crippen molar-refractivity contribution in [2.45, 2.75) is 57.6 Å². The summed E-state index contributed by atoms with van der Waals surface area (Å²) >= 11 is 6.15. The Balaban J connectivity index is 2.05. The van der Waals surface area contributed by atoms with E-state index in [1.165, 1.54) is 17.0 Å². The van der Waals surface area contributed by atoms with Gasteiger partial charge in [-0.3, -0.25) is 13.9 Å². The summed E-state index contributed by atoms with van der Waals surface area (Å²) in [5, 5.41) is 3.36. The average molecular weight is 586 g/mol. The molecule has 8 nitrogen and oxygen atoms in total. The number of hydrogen-bond donors (Lipinski definition) is 1. The number of methoxy groups -OCH3 is 1. The van der Waals surface area contributed by atoms with Crippen molar-refractivity contribution in [2.75, 3.05) is 18.0 Å². The van der Waals surface area contributed by atoms with E-state index in [0.29, 0.717) is 22.0 Å². The summed E-state index contributed by atoms with van der Waals surface area (Å²) in [6, 6.07) is 19.0. The number of nitrogens with zero attached hydrogens (tertiary/aromatic N) is 2. The van der Waals surface area contributed by atoms with Gasteiger partial charge in [-0.05, 0) is 88.2 Å². The third-order valence-corrected chi connectivity index (χ3v) is 8.22. The van der Waals surface area contributed by atoms with Crippen LogP contribution in [0.2, 0.25) is 5.02 Å². The number of anilines is 1. The van der Waals surface area contributed by atoms with Crippen molar-refractivity contribution in [3.8, 4) is 5.75 Å². The molecule has 0 spiro atoms. The average Bonchev–Trinajstić information content (AvgIpc) is 2.90. The van der Waals surface area contributed by atoms with Crippen molar-refractivity contribution < 1.29 is 22.7 Å². The normalized spacial score (nSPS) is 12.4. The summed E-state index contributed by atoms with van der Waals surface area (Å²) in [5.41, 5.74) is 1.13. The standard InChI is InChI=1S/C30H36ClN3O5S/c1-21-18-24(31)14-17-27(21)34(40(37,38)26-10-8-7-9-11-26)20-28(35)33(22(2)29(36)32-30(3,4)5)19-23-12-15-25(39-6)16-13-23/h7-18,22H,19-20H2,1-6H3,(H,32,36)/t22-/m1/s1. The maximum Gasteiger partial charge on any atom is 0.264 e. The van der Waals surface area contributed by atoms with Crippen LogP contribution in [0.5, 0.6) is 5.75 Å². The number of aryl methyl sites for hydroxylation is 1. The maximum atomic E-state index is 14.0. The van der Waals surface area contributed by atoms with E-state index in [1.54, 1.807) is 81.6 Å². The third-order valence-electron chi connectivity index (χ3n) is 6.22. The van der Waals surface area contributed by atoms with Gasteiger partial charge in [-0.1, -0.05) is 41.9 Å². The van der Waals surface area contributed by atoms with Crippen LogP contribution in [0.1, 0.15) is 38.8 Å². The molecule has 0 saturated heterocycles. The largest absolute Gasteiger partial charge is 0.497 e. The van der Waals surface area contributed by atoms with Crippen LogP contribution in [0.15, 0.2) is 77.7 Å². The number of rotatable bonds is 10. The van der Waals surface area contributed by atoms with E-state index in [-0.39, 0.29) is 17.3 Å². The molecule has 0 unspecified atom stereocenters. The SMILES string of the molecule is COc1ccc(CN(C(=O)CN(c2ccc(Cl)cc2C)S(=O)(=O)c2ccccc2)[C@H](C)C(=O)NC(C)(C)C)cc1. The van der Waals surface area contributed by atoms with Crippen molar-refractivity contribution >= 4 is 39.1 Å². The van der Waals surface area contributed by atoms with E-state index in [0.717, 1.165) is 9.87 Å². The first-order valence-electron chi connectivity index (χ1n) is 12.8. The van der Waals surface area contributed by atoms with E-state index < -0.39 is 34.1 Å². The molecule has 0 aliphatic heterocycles. The lowest BCUT2D eigenvalue weighted by atomic mass is 10.1. The summed E-state index contributed by atoms with van der Waals surface area (Å²) in [5.74, 6) is -0.241. The van der Waals surface area contributed by atoms with Crippen LogP contribution in [0.3, 0.4) is 0 Å². The molecule has 0 bridgehead atoms. The second-order valence-corrected chi connectivity index (χ2v) is 12.8. The van der Waals surface area contributed by atoms with Crippen molar-refractivity contribution in [1.29, 1.82) is 0 Å². The number of hydrogen-bond acceptors (Lipinski definition) is 5. The molecule has 3 rings (SSSR count). The number of halogens is 1. The zero-order valence-electron chi connectivity index (χ0n) is 23.6. The third kappa shape index (κ3) is 7.76. The van der Waals surface area contributed by atoms with Crippen molar-refractivity contribution in [3.63, 3.8) is 0 Å². The minimum atomic E-state index is -4.15. The van der Waals surface area contributed by atoms with Gasteiger partial charge in [-0.2, -0.15) is 0 Å². The second-order valence-electron chi connectivity index (χ2n) is 10.5. The predicted molar refractivity (Wildman–Crippen MR) is 158 cm³/mol. The fourth-order valence-corrected chi connectivity index (χ4v) is 5.84. The highest BCUT2D eigenvalue weighted by molar-refractivity contribution is 7.92. The van der Waals surface area contributed by atoms with Gasteiger partial charge in [0.05, 0.1) is 17.7 Å². The molecular formula is C30H36ClN3O5S. The summed E-state index contributed by atoms with van der Waals surface area (Å²) < 4.78 is 34.1. The fourth-order valence-electron chi connectivity index (χ4n) is 4.12. The smallest absolute Gasteiger partial charge is 0.264 e. The number of carbonyl (C=O) groups excluding carboxylic acids is 2. The number of sulfonamides is 1. The van der Waals surface area contributed by atoms with Gasteiger partial charge in [0.1, 0.15) is 18.3 Å². The zero-order chi connectivity index (χ0) is 29.7. The first-order valence-corrected chi connectivity index (χ1v) is 14.6. The van der Waals surface area contributed by atoms with Crippen LogP contribution < -0.4 is 14.4 Å². The van der Waals surface area contributed by atoms with E-state index in [2.05, 4.69) is 5.32 Å². The lowest BCUT2D eigenvalue weighted by Crippen LogP contribution is -2.54. The number of nitrogens with one attached hydrogen (secondary N) is 1. The summed E-state index contributed by atoms with van der Waals surface area (Å²) in [4.78, 5) is 28.6. The molecule has 0 aliphatic rings. The molecule has 40 heavy (non-hydrogen) atoms. The van der Waals surface area contributed by atoms with Gasteiger partial charge < -0.3 is 15.0 Å². The highest BCUT2D eigenvalue weighted by atomic mass is 35.5. The molecule has 1 atom stereocenters. The molecule has 214 valence electrons. The van der Waals surface area contributed by atoms with E-state index in [1.807, 2.05) is 20.8 Å². The van der Waals surface area contributed by atoms with Crippen LogP contribution in [-0.2, 0) is 26.2 Å². The van der Waals surface area contributed by atoms with Gasteiger partial charge in [0.15, 0.2) is 0 Å². The van der Waals surface area contributed by atoms with Crippen LogP contribution in [0, 0.1) is 6.92 Å². The highest BCUT2D eigenvalue weighted by Gasteiger charge is 2.33. The molecule has 10 heteroatoms. The number of carbonyl (C=O) groups is 2. The molecule has 3 aromatic rings. The quantitative estimate of drug-likeness (QED) is 0.353. The van der Waals surface area contributed by atoms with Crippen LogP contribution in [-0.4, -0.2) is 50.4 Å². The summed E-state index contributed by atoms with van der Waals surface area (Å²) in [6.07, 6.45) is 0. The molecule has 0 heterocycles. The highest BCUT2D eigenvalue weighted by Crippen LogP contribution is 2.29.